The maximum Gasteiger partial charge on any atom is 0.305 e. The van der Waals surface area contributed by atoms with E-state index in [-0.39, 0.29) is 11.2 Å². The lowest BCUT2D eigenvalue weighted by Gasteiger charge is -2.27. The fraction of sp³-hybridized carbons (Fsp3) is 1.00. The average molecular weight is 246 g/mol. The molecule has 94 valence electrons. The summed E-state index contributed by atoms with van der Waals surface area (Å²) < 4.78 is 23.0. The van der Waals surface area contributed by atoms with Crippen molar-refractivity contribution in [2.24, 2.45) is 0 Å². The van der Waals surface area contributed by atoms with E-state index in [0.717, 1.165) is 25.7 Å². The summed E-state index contributed by atoms with van der Waals surface area (Å²) in [5, 5.41) is 0. The number of hydrogen-bond acceptors (Lipinski definition) is 3. The van der Waals surface area contributed by atoms with Gasteiger partial charge in [0.15, 0.2) is 0 Å². The Morgan fingerprint density at radius 2 is 1.12 bits per heavy atom. The minimum Gasteiger partial charge on any atom is -0.262 e. The zero-order chi connectivity index (χ0) is 11.6. The summed E-state index contributed by atoms with van der Waals surface area (Å²) in [4.78, 5) is 0. The summed E-state index contributed by atoms with van der Waals surface area (Å²) in [5.41, 5.74) is -0.445. The van der Waals surface area contributed by atoms with Crippen LogP contribution < -0.4 is 0 Å². The van der Waals surface area contributed by atoms with Crippen LogP contribution in [0.2, 0.25) is 0 Å². The number of rotatable bonds is 4. The van der Waals surface area contributed by atoms with Crippen LogP contribution in [0.5, 0.6) is 0 Å². The zero-order valence-electron chi connectivity index (χ0n) is 10.3. The fourth-order valence-electron chi connectivity index (χ4n) is 2.76. The van der Waals surface area contributed by atoms with Gasteiger partial charge in [0.1, 0.15) is 0 Å². The van der Waals surface area contributed by atoms with Gasteiger partial charge in [-0.15, -0.1) is 0 Å². The first kappa shape index (κ1) is 12.5. The molecule has 2 saturated carbocycles. The fourth-order valence-corrected chi connectivity index (χ4v) is 3.78. The second-order valence-electron chi connectivity index (χ2n) is 5.68. The molecule has 2 rings (SSSR count). The van der Waals surface area contributed by atoms with Crippen LogP contribution in [0.3, 0.4) is 0 Å². The third-order valence-electron chi connectivity index (χ3n) is 3.86. The predicted octanol–water partition coefficient (Wildman–Crippen LogP) is 3.26. The van der Waals surface area contributed by atoms with Crippen LogP contribution in [0.15, 0.2) is 0 Å². The van der Waals surface area contributed by atoms with Gasteiger partial charge in [0, 0.05) is 0 Å². The van der Waals surface area contributed by atoms with Gasteiger partial charge in [0.25, 0.3) is 0 Å². The van der Waals surface area contributed by atoms with E-state index in [1.54, 1.807) is 0 Å². The third-order valence-corrected chi connectivity index (χ3v) is 4.94. The molecule has 0 atom stereocenters. The van der Waals surface area contributed by atoms with Crippen molar-refractivity contribution in [2.75, 3.05) is 0 Å². The van der Waals surface area contributed by atoms with Crippen LogP contribution in [-0.2, 0) is 19.7 Å². The predicted molar refractivity (Wildman–Crippen MR) is 64.1 cm³/mol. The molecule has 2 aliphatic rings. The molecule has 0 spiro atoms. The maximum absolute atomic E-state index is 11.8. The van der Waals surface area contributed by atoms with Gasteiger partial charge in [-0.2, -0.15) is 4.21 Å². The third kappa shape index (κ3) is 3.05. The molecule has 0 bridgehead atoms. The topological polar surface area (TPSA) is 35.5 Å². The van der Waals surface area contributed by atoms with Gasteiger partial charge in [-0.1, -0.05) is 25.7 Å². The Labute approximate surface area is 101 Å². The molecule has 0 aromatic carbocycles. The van der Waals surface area contributed by atoms with E-state index in [0.29, 0.717) is 0 Å². The molecule has 0 aliphatic heterocycles. The van der Waals surface area contributed by atoms with E-state index in [2.05, 4.69) is 0 Å². The van der Waals surface area contributed by atoms with E-state index in [9.17, 15) is 4.21 Å². The summed E-state index contributed by atoms with van der Waals surface area (Å²) >= 11 is -1.58. The molecule has 2 fully saturated rings. The lowest BCUT2D eigenvalue weighted by molar-refractivity contribution is 0.0479. The van der Waals surface area contributed by atoms with Crippen molar-refractivity contribution in [3.8, 4) is 0 Å². The summed E-state index contributed by atoms with van der Waals surface area (Å²) in [6.45, 7) is 4.08. The minimum absolute atomic E-state index is 0.222. The summed E-state index contributed by atoms with van der Waals surface area (Å²) in [7, 11) is 0. The Hall–Kier alpha value is 0.0700. The van der Waals surface area contributed by atoms with Crippen molar-refractivity contribution in [3.63, 3.8) is 0 Å². The van der Waals surface area contributed by atoms with Gasteiger partial charge < -0.3 is 0 Å². The van der Waals surface area contributed by atoms with Gasteiger partial charge in [-0.05, 0) is 39.5 Å². The first-order chi connectivity index (χ1) is 7.52. The van der Waals surface area contributed by atoms with E-state index in [4.69, 9.17) is 8.37 Å². The molecule has 0 aromatic heterocycles. The van der Waals surface area contributed by atoms with E-state index < -0.39 is 11.4 Å². The Kier molecular flexibility index (Phi) is 3.72. The van der Waals surface area contributed by atoms with Crippen LogP contribution in [0, 0.1) is 0 Å². The van der Waals surface area contributed by atoms with Gasteiger partial charge in [0.2, 0.25) is 0 Å². The molecule has 0 saturated heterocycles. The first-order valence-electron chi connectivity index (χ1n) is 6.32. The zero-order valence-corrected chi connectivity index (χ0v) is 11.1. The Morgan fingerprint density at radius 3 is 1.44 bits per heavy atom. The quantitative estimate of drug-likeness (QED) is 0.763. The van der Waals surface area contributed by atoms with Crippen molar-refractivity contribution >= 4 is 11.4 Å². The highest BCUT2D eigenvalue weighted by molar-refractivity contribution is 7.75. The van der Waals surface area contributed by atoms with Crippen LogP contribution in [0.25, 0.3) is 0 Å². The van der Waals surface area contributed by atoms with Gasteiger partial charge >= 0.3 is 11.4 Å². The summed E-state index contributed by atoms with van der Waals surface area (Å²) in [6, 6.07) is 0. The molecule has 0 radical (unpaired) electrons. The highest BCUT2D eigenvalue weighted by Crippen LogP contribution is 2.37. The number of hydrogen-bond donors (Lipinski definition) is 0. The SMILES string of the molecule is CC1(OS(=O)OC2(C)CCCC2)CCCC1. The van der Waals surface area contributed by atoms with Crippen molar-refractivity contribution in [1.82, 2.24) is 0 Å². The second-order valence-corrected chi connectivity index (χ2v) is 6.43. The first-order valence-corrected chi connectivity index (χ1v) is 7.32. The van der Waals surface area contributed by atoms with E-state index in [1.807, 2.05) is 13.8 Å². The van der Waals surface area contributed by atoms with Crippen molar-refractivity contribution in [1.29, 1.82) is 0 Å². The highest BCUT2D eigenvalue weighted by atomic mass is 32.2. The van der Waals surface area contributed by atoms with Crippen molar-refractivity contribution in [3.05, 3.63) is 0 Å². The van der Waals surface area contributed by atoms with Crippen LogP contribution >= 0.6 is 0 Å². The Bertz CT molecular complexity index is 239. The van der Waals surface area contributed by atoms with Gasteiger partial charge in [-0.25, -0.2) is 0 Å². The normalized spacial score (nSPS) is 27.7. The largest absolute Gasteiger partial charge is 0.305 e. The van der Waals surface area contributed by atoms with Gasteiger partial charge in [-0.3, -0.25) is 8.37 Å². The summed E-state index contributed by atoms with van der Waals surface area (Å²) in [6.07, 6.45) is 8.68. The van der Waals surface area contributed by atoms with Crippen LogP contribution in [-0.4, -0.2) is 15.4 Å². The second kappa shape index (κ2) is 4.75. The monoisotopic (exact) mass is 246 g/mol. The molecular weight excluding hydrogens is 224 g/mol. The van der Waals surface area contributed by atoms with E-state index >= 15 is 0 Å². The molecule has 0 heterocycles. The molecule has 0 unspecified atom stereocenters. The molecule has 0 aromatic rings. The minimum atomic E-state index is -1.58. The van der Waals surface area contributed by atoms with Crippen molar-refractivity contribution in [2.45, 2.75) is 76.4 Å². The smallest absolute Gasteiger partial charge is 0.262 e. The summed E-state index contributed by atoms with van der Waals surface area (Å²) in [5.74, 6) is 0. The van der Waals surface area contributed by atoms with Gasteiger partial charge in [0.05, 0.1) is 11.2 Å². The molecule has 2 aliphatic carbocycles. The van der Waals surface area contributed by atoms with Crippen molar-refractivity contribution < 1.29 is 12.6 Å². The molecular formula is C12H22O3S. The molecule has 16 heavy (non-hydrogen) atoms. The molecule has 4 heteroatoms. The Balaban J connectivity index is 1.84. The van der Waals surface area contributed by atoms with Crippen LogP contribution in [0.4, 0.5) is 0 Å². The lowest BCUT2D eigenvalue weighted by atomic mass is 10.1. The molecule has 3 nitrogen and oxygen atoms in total. The highest BCUT2D eigenvalue weighted by Gasteiger charge is 2.37. The standard InChI is InChI=1S/C12H22O3S/c1-11(7-3-4-8-11)14-16(13)15-12(2)9-5-6-10-12/h3-10H2,1-2H3. The lowest BCUT2D eigenvalue weighted by Crippen LogP contribution is -2.31. The molecule has 0 N–H and O–H groups in total. The molecule has 0 amide bonds. The maximum atomic E-state index is 11.8. The van der Waals surface area contributed by atoms with E-state index in [1.165, 1.54) is 25.7 Å². The Morgan fingerprint density at radius 1 is 0.812 bits per heavy atom. The average Bonchev–Trinajstić information content (AvgIpc) is 2.75. The van der Waals surface area contributed by atoms with Crippen LogP contribution in [0.1, 0.15) is 65.2 Å².